The van der Waals surface area contributed by atoms with Gasteiger partial charge in [-0.1, -0.05) is 20.3 Å². The first kappa shape index (κ1) is 18.1. The van der Waals surface area contributed by atoms with Gasteiger partial charge in [-0.25, -0.2) is 4.39 Å². The second kappa shape index (κ2) is 8.06. The van der Waals surface area contributed by atoms with Gasteiger partial charge in [-0.05, 0) is 37.1 Å². The van der Waals surface area contributed by atoms with Crippen LogP contribution in [0.25, 0.3) is 11.3 Å². The molecule has 1 aromatic carbocycles. The van der Waals surface area contributed by atoms with Crippen molar-refractivity contribution in [2.75, 3.05) is 6.61 Å². The lowest BCUT2D eigenvalue weighted by atomic mass is 9.99. The number of nitrogens with one attached hydrogen (secondary N) is 2. The van der Waals surface area contributed by atoms with E-state index in [2.05, 4.69) is 15.5 Å². The lowest BCUT2D eigenvalue weighted by Crippen LogP contribution is -2.42. The van der Waals surface area contributed by atoms with Crippen molar-refractivity contribution in [3.8, 4) is 11.3 Å². The lowest BCUT2D eigenvalue weighted by Gasteiger charge is -2.22. The second-order valence-corrected chi connectivity index (χ2v) is 6.10. The highest BCUT2D eigenvalue weighted by Crippen LogP contribution is 2.24. The van der Waals surface area contributed by atoms with Gasteiger partial charge in [-0.2, -0.15) is 5.10 Å². The molecule has 5 nitrogen and oxygen atoms in total. The summed E-state index contributed by atoms with van der Waals surface area (Å²) in [6, 6.07) is 5.76. The molecule has 0 fully saturated rings. The second-order valence-electron chi connectivity index (χ2n) is 6.10. The van der Waals surface area contributed by atoms with Crippen LogP contribution in [0.4, 0.5) is 4.39 Å². The molecule has 1 aromatic heterocycles. The van der Waals surface area contributed by atoms with E-state index in [1.54, 1.807) is 12.1 Å². The molecule has 1 heterocycles. The fourth-order valence-corrected chi connectivity index (χ4v) is 2.59. The minimum Gasteiger partial charge on any atom is -0.394 e. The third-order valence-electron chi connectivity index (χ3n) is 4.40. The predicted octanol–water partition coefficient (Wildman–Crippen LogP) is 2.59. The maximum absolute atomic E-state index is 13.1. The van der Waals surface area contributed by atoms with Crippen LogP contribution < -0.4 is 5.32 Å². The zero-order chi connectivity index (χ0) is 17.7. The molecule has 2 rings (SSSR count). The number of rotatable bonds is 7. The Labute approximate surface area is 141 Å². The number of carbonyl (C=O) groups excluding carboxylic acids is 1. The Morgan fingerprint density at radius 3 is 2.62 bits per heavy atom. The Kier molecular flexibility index (Phi) is 6.09. The smallest absolute Gasteiger partial charge is 0.224 e. The van der Waals surface area contributed by atoms with E-state index >= 15 is 0 Å². The Hall–Kier alpha value is -2.21. The molecule has 130 valence electrons. The monoisotopic (exact) mass is 333 g/mol. The van der Waals surface area contributed by atoms with Crippen LogP contribution in [0.3, 0.4) is 0 Å². The van der Waals surface area contributed by atoms with Crippen LogP contribution in [-0.2, 0) is 11.2 Å². The van der Waals surface area contributed by atoms with Gasteiger partial charge in [0.05, 0.1) is 24.8 Å². The zero-order valence-electron chi connectivity index (χ0n) is 14.3. The van der Waals surface area contributed by atoms with Crippen molar-refractivity contribution in [3.63, 3.8) is 0 Å². The summed E-state index contributed by atoms with van der Waals surface area (Å²) < 4.78 is 13.1. The highest BCUT2D eigenvalue weighted by atomic mass is 19.1. The van der Waals surface area contributed by atoms with Gasteiger partial charge in [0.15, 0.2) is 0 Å². The maximum Gasteiger partial charge on any atom is 0.224 e. The Bertz CT molecular complexity index is 682. The molecule has 0 aliphatic carbocycles. The highest BCUT2D eigenvalue weighted by molar-refractivity contribution is 5.81. The molecular weight excluding hydrogens is 309 g/mol. The van der Waals surface area contributed by atoms with E-state index in [0.717, 1.165) is 23.2 Å². The number of halogens is 1. The van der Waals surface area contributed by atoms with Gasteiger partial charge in [-0.3, -0.25) is 9.89 Å². The normalized spacial score (nSPS) is 13.5. The van der Waals surface area contributed by atoms with Crippen LogP contribution >= 0.6 is 0 Å². The van der Waals surface area contributed by atoms with Crippen LogP contribution in [0.2, 0.25) is 0 Å². The van der Waals surface area contributed by atoms with Gasteiger partial charge < -0.3 is 10.4 Å². The third kappa shape index (κ3) is 4.20. The van der Waals surface area contributed by atoms with Crippen LogP contribution in [0.1, 0.15) is 31.5 Å². The van der Waals surface area contributed by atoms with E-state index in [0.29, 0.717) is 5.69 Å². The van der Waals surface area contributed by atoms with Gasteiger partial charge in [0.25, 0.3) is 0 Å². The van der Waals surface area contributed by atoms with E-state index in [1.165, 1.54) is 12.1 Å². The number of hydrogen-bond acceptors (Lipinski definition) is 3. The molecule has 1 amide bonds. The topological polar surface area (TPSA) is 78.0 Å². The zero-order valence-corrected chi connectivity index (χ0v) is 14.3. The number of aliphatic hydroxyl groups is 1. The van der Waals surface area contributed by atoms with Gasteiger partial charge in [0, 0.05) is 16.8 Å². The Morgan fingerprint density at radius 1 is 1.38 bits per heavy atom. The van der Waals surface area contributed by atoms with E-state index in [1.807, 2.05) is 20.8 Å². The predicted molar refractivity (Wildman–Crippen MR) is 90.9 cm³/mol. The number of hydrogen-bond donors (Lipinski definition) is 3. The molecule has 0 spiro atoms. The molecule has 2 atom stereocenters. The van der Waals surface area contributed by atoms with E-state index in [4.69, 9.17) is 0 Å². The van der Waals surface area contributed by atoms with Crippen molar-refractivity contribution >= 4 is 5.91 Å². The van der Waals surface area contributed by atoms with Gasteiger partial charge >= 0.3 is 0 Å². The minimum atomic E-state index is -0.315. The summed E-state index contributed by atoms with van der Waals surface area (Å²) in [4.78, 5) is 12.4. The van der Waals surface area contributed by atoms with Crippen LogP contribution in [-0.4, -0.2) is 33.9 Å². The number of carbonyl (C=O) groups is 1. The average molecular weight is 333 g/mol. The van der Waals surface area contributed by atoms with Gasteiger partial charge in [-0.15, -0.1) is 0 Å². The summed E-state index contributed by atoms with van der Waals surface area (Å²) in [7, 11) is 0. The summed E-state index contributed by atoms with van der Waals surface area (Å²) in [5.74, 6) is -0.284. The molecule has 24 heavy (non-hydrogen) atoms. The first-order chi connectivity index (χ1) is 11.5. The van der Waals surface area contributed by atoms with Crippen molar-refractivity contribution < 1.29 is 14.3 Å². The first-order valence-corrected chi connectivity index (χ1v) is 8.16. The van der Waals surface area contributed by atoms with Crippen molar-refractivity contribution in [2.24, 2.45) is 5.92 Å². The van der Waals surface area contributed by atoms with Crippen LogP contribution in [0.5, 0.6) is 0 Å². The number of amides is 1. The SMILES string of the molecule is CC[C@@H](C)[C@@H](CO)NC(=O)Cc1c(-c2ccc(F)cc2)n[nH]c1C. The van der Waals surface area contributed by atoms with Crippen LogP contribution in [0.15, 0.2) is 24.3 Å². The number of benzene rings is 1. The molecule has 6 heteroatoms. The van der Waals surface area contributed by atoms with Crippen LogP contribution in [0, 0.1) is 18.7 Å². The fraction of sp³-hybridized carbons (Fsp3) is 0.444. The highest BCUT2D eigenvalue weighted by Gasteiger charge is 2.20. The first-order valence-electron chi connectivity index (χ1n) is 8.16. The standard InChI is InChI=1S/C18H24FN3O2/c1-4-11(2)16(10-23)20-17(24)9-15-12(3)21-22-18(15)13-5-7-14(19)8-6-13/h5-8,11,16,23H,4,9-10H2,1-3H3,(H,20,24)(H,21,22)/t11-,16-/m1/s1. The molecule has 0 aliphatic rings. The van der Waals surface area contributed by atoms with Crippen molar-refractivity contribution in [2.45, 2.75) is 39.7 Å². The van der Waals surface area contributed by atoms with Crippen molar-refractivity contribution in [1.29, 1.82) is 0 Å². The van der Waals surface area contributed by atoms with Gasteiger partial charge in [0.2, 0.25) is 5.91 Å². The van der Waals surface area contributed by atoms with E-state index in [-0.39, 0.29) is 36.7 Å². The lowest BCUT2D eigenvalue weighted by molar-refractivity contribution is -0.121. The molecule has 0 saturated carbocycles. The Morgan fingerprint density at radius 2 is 2.04 bits per heavy atom. The molecule has 0 saturated heterocycles. The number of aliphatic hydroxyl groups excluding tert-OH is 1. The quantitative estimate of drug-likeness (QED) is 0.729. The fourth-order valence-electron chi connectivity index (χ4n) is 2.59. The van der Waals surface area contributed by atoms with Crippen molar-refractivity contribution in [1.82, 2.24) is 15.5 Å². The Balaban J connectivity index is 2.16. The molecule has 0 bridgehead atoms. The molecule has 0 aliphatic heterocycles. The largest absolute Gasteiger partial charge is 0.394 e. The number of aromatic amines is 1. The third-order valence-corrected chi connectivity index (χ3v) is 4.40. The number of H-pyrrole nitrogens is 1. The van der Waals surface area contributed by atoms with Gasteiger partial charge in [0.1, 0.15) is 5.82 Å². The minimum absolute atomic E-state index is 0.0874. The van der Waals surface area contributed by atoms with E-state index in [9.17, 15) is 14.3 Å². The molecule has 0 radical (unpaired) electrons. The summed E-state index contributed by atoms with van der Waals surface area (Å²) >= 11 is 0. The molecule has 2 aromatic rings. The molecule has 3 N–H and O–H groups in total. The summed E-state index contributed by atoms with van der Waals surface area (Å²) in [6.07, 6.45) is 1.03. The molecule has 0 unspecified atom stereocenters. The number of aromatic nitrogens is 2. The van der Waals surface area contributed by atoms with E-state index < -0.39 is 0 Å². The van der Waals surface area contributed by atoms with Crippen molar-refractivity contribution in [3.05, 3.63) is 41.3 Å². The number of nitrogens with zero attached hydrogens (tertiary/aromatic N) is 1. The maximum atomic E-state index is 13.1. The summed E-state index contributed by atoms with van der Waals surface area (Å²) in [6.45, 7) is 5.78. The summed E-state index contributed by atoms with van der Waals surface area (Å²) in [5, 5.41) is 19.5. The molecular formula is C18H24FN3O2. The average Bonchev–Trinajstić information content (AvgIpc) is 2.93. The number of aryl methyl sites for hydroxylation is 1. The summed E-state index contributed by atoms with van der Waals surface area (Å²) in [5.41, 5.74) is 2.98.